The average molecular weight is 328 g/mol. The third-order valence-corrected chi connectivity index (χ3v) is 6.96. The number of halogens is 1. The summed E-state index contributed by atoms with van der Waals surface area (Å²) >= 11 is 0. The molecule has 3 atom stereocenters. The van der Waals surface area contributed by atoms with Gasteiger partial charge in [-0.05, 0) is 61.8 Å². The number of carbonyl (C=O) groups is 1. The van der Waals surface area contributed by atoms with Crippen molar-refractivity contribution in [1.82, 2.24) is 9.80 Å². The molecule has 128 valence electrons. The fraction of sp³-hybridized carbons (Fsp3) is 0.650. The van der Waals surface area contributed by atoms with Crippen molar-refractivity contribution >= 4 is 5.91 Å². The van der Waals surface area contributed by atoms with Crippen LogP contribution in [0.25, 0.3) is 0 Å². The molecule has 3 aliphatic heterocycles. The Balaban J connectivity index is 1.33. The maximum atomic E-state index is 13.2. The number of benzene rings is 1. The van der Waals surface area contributed by atoms with Gasteiger partial charge in [-0.15, -0.1) is 0 Å². The Hall–Kier alpha value is -1.42. The van der Waals surface area contributed by atoms with E-state index >= 15 is 0 Å². The Morgan fingerprint density at radius 1 is 1.08 bits per heavy atom. The van der Waals surface area contributed by atoms with Gasteiger partial charge in [0.2, 0.25) is 5.91 Å². The smallest absolute Gasteiger partial charge is 0.233 e. The molecule has 4 aliphatic rings. The fourth-order valence-corrected chi connectivity index (χ4v) is 5.54. The van der Waals surface area contributed by atoms with E-state index in [0.717, 1.165) is 31.5 Å². The third kappa shape index (κ3) is 2.15. The summed E-state index contributed by atoms with van der Waals surface area (Å²) in [6.07, 6.45) is 5.83. The van der Waals surface area contributed by atoms with Crippen LogP contribution in [0, 0.1) is 17.7 Å². The normalized spacial score (nSPS) is 34.0. The highest BCUT2D eigenvalue weighted by Crippen LogP contribution is 2.51. The van der Waals surface area contributed by atoms with Crippen molar-refractivity contribution in [3.8, 4) is 0 Å². The summed E-state index contributed by atoms with van der Waals surface area (Å²) < 4.78 is 13.2. The van der Waals surface area contributed by atoms with Crippen LogP contribution in [0.1, 0.15) is 37.7 Å². The van der Waals surface area contributed by atoms with E-state index in [2.05, 4.69) is 9.80 Å². The molecule has 3 heterocycles. The number of hydrogen-bond donors (Lipinski definition) is 0. The van der Waals surface area contributed by atoms with Gasteiger partial charge in [0, 0.05) is 25.7 Å². The van der Waals surface area contributed by atoms with Gasteiger partial charge in [0.1, 0.15) is 5.82 Å². The van der Waals surface area contributed by atoms with Crippen LogP contribution in [0.5, 0.6) is 0 Å². The Kier molecular flexibility index (Phi) is 3.28. The highest BCUT2D eigenvalue weighted by Gasteiger charge is 2.56. The minimum atomic E-state index is -0.349. The summed E-state index contributed by atoms with van der Waals surface area (Å²) in [5.41, 5.74) is 0.656. The summed E-state index contributed by atoms with van der Waals surface area (Å²) in [5, 5.41) is 0. The van der Waals surface area contributed by atoms with Crippen LogP contribution >= 0.6 is 0 Å². The lowest BCUT2D eigenvalue weighted by atomic mass is 9.90. The minimum absolute atomic E-state index is 0.227. The Bertz CT molecular complexity index is 654. The lowest BCUT2D eigenvalue weighted by Crippen LogP contribution is -2.43. The second-order valence-electron chi connectivity index (χ2n) is 8.28. The lowest BCUT2D eigenvalue weighted by Gasteiger charge is -2.33. The Morgan fingerprint density at radius 2 is 1.88 bits per heavy atom. The monoisotopic (exact) mass is 328 g/mol. The second kappa shape index (κ2) is 5.29. The van der Waals surface area contributed by atoms with Crippen molar-refractivity contribution in [2.45, 2.75) is 43.6 Å². The number of fused-ring (bicyclic) bond motifs is 3. The van der Waals surface area contributed by atoms with Gasteiger partial charge in [-0.2, -0.15) is 0 Å². The maximum Gasteiger partial charge on any atom is 0.233 e. The molecule has 24 heavy (non-hydrogen) atoms. The standard InChI is InChI=1S/C20H25FN2O/c21-16-6-4-15(5-7-16)20(8-9-20)19(24)23-12-14-11-22-10-2-1-3-18(22)17(14)13-23/h4-7,14,17-18H,1-3,8-13H2/t14-,17+,18+/m0/s1. The van der Waals surface area contributed by atoms with Crippen LogP contribution in [0.4, 0.5) is 4.39 Å². The van der Waals surface area contributed by atoms with Gasteiger partial charge < -0.3 is 4.90 Å². The van der Waals surface area contributed by atoms with Crippen LogP contribution in [0.15, 0.2) is 24.3 Å². The zero-order chi connectivity index (χ0) is 16.3. The number of piperidine rings is 1. The molecule has 1 aromatic carbocycles. The average Bonchev–Trinajstić information content (AvgIpc) is 3.18. The fourth-order valence-electron chi connectivity index (χ4n) is 5.54. The molecule has 4 heteroatoms. The molecule has 0 N–H and O–H groups in total. The van der Waals surface area contributed by atoms with Gasteiger partial charge in [-0.25, -0.2) is 4.39 Å². The second-order valence-corrected chi connectivity index (χ2v) is 8.28. The summed E-state index contributed by atoms with van der Waals surface area (Å²) in [6.45, 7) is 4.31. The van der Waals surface area contributed by atoms with Crippen molar-refractivity contribution in [3.63, 3.8) is 0 Å². The Morgan fingerprint density at radius 3 is 2.62 bits per heavy atom. The number of hydrogen-bond acceptors (Lipinski definition) is 2. The van der Waals surface area contributed by atoms with Gasteiger partial charge >= 0.3 is 0 Å². The van der Waals surface area contributed by atoms with E-state index in [-0.39, 0.29) is 11.2 Å². The molecule has 1 amide bonds. The lowest BCUT2D eigenvalue weighted by molar-refractivity contribution is -0.133. The molecule has 1 saturated carbocycles. The van der Waals surface area contributed by atoms with E-state index in [9.17, 15) is 9.18 Å². The van der Waals surface area contributed by atoms with Crippen molar-refractivity contribution in [2.75, 3.05) is 26.2 Å². The van der Waals surface area contributed by atoms with Crippen LogP contribution in [0.2, 0.25) is 0 Å². The van der Waals surface area contributed by atoms with E-state index in [1.807, 2.05) is 0 Å². The van der Waals surface area contributed by atoms with Gasteiger partial charge in [-0.1, -0.05) is 18.6 Å². The van der Waals surface area contributed by atoms with Crippen LogP contribution in [-0.2, 0) is 10.2 Å². The molecule has 0 spiro atoms. The highest BCUT2D eigenvalue weighted by molar-refractivity contribution is 5.91. The highest BCUT2D eigenvalue weighted by atomic mass is 19.1. The van der Waals surface area contributed by atoms with E-state index in [0.29, 0.717) is 23.8 Å². The summed E-state index contributed by atoms with van der Waals surface area (Å²) in [5.74, 6) is 1.42. The number of carbonyl (C=O) groups excluding carboxylic acids is 1. The first-order valence-corrected chi connectivity index (χ1v) is 9.47. The van der Waals surface area contributed by atoms with Crippen LogP contribution in [-0.4, -0.2) is 47.9 Å². The molecule has 1 aliphatic carbocycles. The SMILES string of the molecule is O=C(N1C[C@@H]2CN3CCCC[C@@H]3[C@@H]2C1)C1(c2ccc(F)cc2)CC1. The molecule has 5 rings (SSSR count). The third-order valence-electron chi connectivity index (χ3n) is 6.96. The minimum Gasteiger partial charge on any atom is -0.341 e. The van der Waals surface area contributed by atoms with E-state index < -0.39 is 0 Å². The molecule has 0 radical (unpaired) electrons. The first kappa shape index (κ1) is 14.9. The summed E-state index contributed by atoms with van der Waals surface area (Å²) in [7, 11) is 0. The maximum absolute atomic E-state index is 13.2. The number of nitrogens with zero attached hydrogens (tertiary/aromatic N) is 2. The van der Waals surface area contributed by atoms with E-state index in [1.165, 1.54) is 44.5 Å². The van der Waals surface area contributed by atoms with Gasteiger partial charge in [0.05, 0.1) is 5.41 Å². The van der Waals surface area contributed by atoms with Gasteiger partial charge in [0.25, 0.3) is 0 Å². The predicted molar refractivity (Wildman–Crippen MR) is 90.1 cm³/mol. The van der Waals surface area contributed by atoms with E-state index in [1.54, 1.807) is 12.1 Å². The molecule has 0 bridgehead atoms. The summed E-state index contributed by atoms with van der Waals surface area (Å²) in [4.78, 5) is 18.0. The quantitative estimate of drug-likeness (QED) is 0.833. The molecule has 4 fully saturated rings. The topological polar surface area (TPSA) is 23.6 Å². The van der Waals surface area contributed by atoms with Crippen LogP contribution < -0.4 is 0 Å². The molecule has 1 aromatic rings. The predicted octanol–water partition coefficient (Wildman–Crippen LogP) is 2.80. The zero-order valence-electron chi connectivity index (χ0n) is 14.1. The summed E-state index contributed by atoms with van der Waals surface area (Å²) in [6, 6.07) is 7.30. The number of rotatable bonds is 2. The largest absolute Gasteiger partial charge is 0.341 e. The van der Waals surface area contributed by atoms with Crippen molar-refractivity contribution in [3.05, 3.63) is 35.6 Å². The first-order chi connectivity index (χ1) is 11.7. The van der Waals surface area contributed by atoms with Gasteiger partial charge in [0.15, 0.2) is 0 Å². The molecule has 3 nitrogen and oxygen atoms in total. The molecule has 3 saturated heterocycles. The molecular formula is C20H25FN2O. The Labute approximate surface area is 142 Å². The molecular weight excluding hydrogens is 303 g/mol. The zero-order valence-corrected chi connectivity index (χ0v) is 14.1. The van der Waals surface area contributed by atoms with E-state index in [4.69, 9.17) is 0 Å². The van der Waals surface area contributed by atoms with Crippen molar-refractivity contribution in [2.24, 2.45) is 11.8 Å². The van der Waals surface area contributed by atoms with Crippen molar-refractivity contribution < 1.29 is 9.18 Å². The molecule has 0 aromatic heterocycles. The number of amides is 1. The first-order valence-electron chi connectivity index (χ1n) is 9.47. The number of likely N-dealkylation sites (tertiary alicyclic amines) is 1. The van der Waals surface area contributed by atoms with Crippen molar-refractivity contribution in [1.29, 1.82) is 0 Å². The van der Waals surface area contributed by atoms with Gasteiger partial charge in [-0.3, -0.25) is 9.69 Å². The molecule has 0 unspecified atom stereocenters. The van der Waals surface area contributed by atoms with Crippen LogP contribution in [0.3, 0.4) is 0 Å².